The van der Waals surface area contributed by atoms with E-state index < -0.39 is 0 Å². The van der Waals surface area contributed by atoms with E-state index in [1.807, 2.05) is 4.90 Å². The number of alkyl halides is 1. The highest BCUT2D eigenvalue weighted by Crippen LogP contribution is 2.26. The zero-order chi connectivity index (χ0) is 12.3. The van der Waals surface area contributed by atoms with Crippen molar-refractivity contribution in [1.82, 2.24) is 10.1 Å². The van der Waals surface area contributed by atoms with Gasteiger partial charge in [-0.05, 0) is 32.6 Å². The SMILES string of the molecule is Cc1cc(C(=O)N(CCCCl)C2CCC2)no1. The molecule has 1 fully saturated rings. The first-order valence-corrected chi connectivity index (χ1v) is 6.56. The number of halogens is 1. The second kappa shape index (κ2) is 5.54. The molecule has 0 spiro atoms. The summed E-state index contributed by atoms with van der Waals surface area (Å²) in [7, 11) is 0. The van der Waals surface area contributed by atoms with Crippen LogP contribution in [-0.4, -0.2) is 34.4 Å². The normalized spacial score (nSPS) is 15.6. The lowest BCUT2D eigenvalue weighted by atomic mass is 9.91. The Hall–Kier alpha value is -1.03. The molecule has 17 heavy (non-hydrogen) atoms. The highest BCUT2D eigenvalue weighted by molar-refractivity contribution is 6.17. The van der Waals surface area contributed by atoms with E-state index in [-0.39, 0.29) is 5.91 Å². The Morgan fingerprint density at radius 2 is 2.41 bits per heavy atom. The maximum atomic E-state index is 12.3. The Morgan fingerprint density at radius 3 is 2.88 bits per heavy atom. The summed E-state index contributed by atoms with van der Waals surface area (Å²) in [5.41, 5.74) is 0.406. The zero-order valence-electron chi connectivity index (χ0n) is 9.99. The fraction of sp³-hybridized carbons (Fsp3) is 0.667. The zero-order valence-corrected chi connectivity index (χ0v) is 10.7. The molecular weight excluding hydrogens is 240 g/mol. The van der Waals surface area contributed by atoms with Crippen molar-refractivity contribution < 1.29 is 9.32 Å². The highest BCUT2D eigenvalue weighted by Gasteiger charge is 2.30. The van der Waals surface area contributed by atoms with Gasteiger partial charge in [0.1, 0.15) is 5.76 Å². The van der Waals surface area contributed by atoms with Crippen molar-refractivity contribution in [2.75, 3.05) is 12.4 Å². The second-order valence-electron chi connectivity index (χ2n) is 4.45. The van der Waals surface area contributed by atoms with Crippen molar-refractivity contribution in [3.63, 3.8) is 0 Å². The summed E-state index contributed by atoms with van der Waals surface area (Å²) in [5, 5.41) is 3.79. The molecule has 1 aromatic rings. The largest absolute Gasteiger partial charge is 0.361 e. The number of amides is 1. The predicted molar refractivity (Wildman–Crippen MR) is 65.3 cm³/mol. The number of carbonyl (C=O) groups is 1. The molecule has 0 aliphatic heterocycles. The molecule has 0 bridgehead atoms. The van der Waals surface area contributed by atoms with Crippen LogP contribution in [0.4, 0.5) is 0 Å². The van der Waals surface area contributed by atoms with E-state index in [2.05, 4.69) is 5.16 Å². The van der Waals surface area contributed by atoms with Gasteiger partial charge in [-0.25, -0.2) is 0 Å². The molecule has 5 heteroatoms. The summed E-state index contributed by atoms with van der Waals surface area (Å²) < 4.78 is 4.95. The number of hydrogen-bond donors (Lipinski definition) is 0. The van der Waals surface area contributed by atoms with E-state index in [1.165, 1.54) is 6.42 Å². The van der Waals surface area contributed by atoms with Gasteiger partial charge in [0.25, 0.3) is 5.91 Å². The Kier molecular flexibility index (Phi) is 4.05. The van der Waals surface area contributed by atoms with Gasteiger partial charge in [0.05, 0.1) is 0 Å². The van der Waals surface area contributed by atoms with Crippen LogP contribution < -0.4 is 0 Å². The predicted octanol–water partition coefficient (Wildman–Crippen LogP) is 2.61. The number of aryl methyl sites for hydroxylation is 1. The summed E-state index contributed by atoms with van der Waals surface area (Å²) in [6, 6.07) is 2.05. The van der Waals surface area contributed by atoms with Crippen LogP contribution in [0.3, 0.4) is 0 Å². The van der Waals surface area contributed by atoms with Crippen LogP contribution in [0, 0.1) is 6.92 Å². The molecule has 0 saturated heterocycles. The van der Waals surface area contributed by atoms with E-state index in [0.29, 0.717) is 29.9 Å². The van der Waals surface area contributed by atoms with E-state index in [4.69, 9.17) is 16.1 Å². The average molecular weight is 257 g/mol. The van der Waals surface area contributed by atoms with Crippen molar-refractivity contribution >= 4 is 17.5 Å². The van der Waals surface area contributed by atoms with Gasteiger partial charge >= 0.3 is 0 Å². The van der Waals surface area contributed by atoms with Crippen LogP contribution in [0.2, 0.25) is 0 Å². The average Bonchev–Trinajstić information content (AvgIpc) is 2.67. The molecule has 1 aromatic heterocycles. The molecule has 1 aliphatic carbocycles. The Balaban J connectivity index is 2.06. The fourth-order valence-corrected chi connectivity index (χ4v) is 2.11. The van der Waals surface area contributed by atoms with Gasteiger partial charge in [-0.2, -0.15) is 0 Å². The standard InChI is InChI=1S/C12H17ClN2O2/c1-9-8-11(14-17-9)12(16)15(7-3-6-13)10-4-2-5-10/h8,10H,2-7H2,1H3. The monoisotopic (exact) mass is 256 g/mol. The molecule has 1 aliphatic rings. The van der Waals surface area contributed by atoms with Gasteiger partial charge in [0.2, 0.25) is 0 Å². The van der Waals surface area contributed by atoms with Crippen molar-refractivity contribution in [1.29, 1.82) is 0 Å². The molecule has 1 saturated carbocycles. The summed E-state index contributed by atoms with van der Waals surface area (Å²) in [5.74, 6) is 1.21. The summed E-state index contributed by atoms with van der Waals surface area (Å²) in [6.45, 7) is 2.50. The minimum Gasteiger partial charge on any atom is -0.361 e. The van der Waals surface area contributed by atoms with Crippen molar-refractivity contribution in [2.24, 2.45) is 0 Å². The summed E-state index contributed by atoms with van der Waals surface area (Å²) >= 11 is 5.69. The lowest BCUT2D eigenvalue weighted by molar-refractivity contribution is 0.0570. The van der Waals surface area contributed by atoms with Crippen LogP contribution in [-0.2, 0) is 0 Å². The number of nitrogens with zero attached hydrogens (tertiary/aromatic N) is 2. The molecule has 0 aromatic carbocycles. The quantitative estimate of drug-likeness (QED) is 0.761. The van der Waals surface area contributed by atoms with Gasteiger partial charge in [-0.1, -0.05) is 5.16 Å². The van der Waals surface area contributed by atoms with Gasteiger partial charge in [-0.15, -0.1) is 11.6 Å². The van der Waals surface area contributed by atoms with E-state index in [9.17, 15) is 4.79 Å². The van der Waals surface area contributed by atoms with Gasteiger partial charge in [-0.3, -0.25) is 4.79 Å². The molecule has 4 nitrogen and oxygen atoms in total. The molecular formula is C12H17ClN2O2. The summed E-state index contributed by atoms with van der Waals surface area (Å²) in [4.78, 5) is 14.2. The van der Waals surface area contributed by atoms with E-state index in [0.717, 1.165) is 19.3 Å². The van der Waals surface area contributed by atoms with Gasteiger partial charge in [0, 0.05) is 24.5 Å². The molecule has 0 atom stereocenters. The number of aromatic nitrogens is 1. The van der Waals surface area contributed by atoms with Crippen LogP contribution in [0.5, 0.6) is 0 Å². The Labute approximate surface area is 106 Å². The Morgan fingerprint density at radius 1 is 1.65 bits per heavy atom. The first-order chi connectivity index (χ1) is 8.22. The molecule has 0 unspecified atom stereocenters. The first kappa shape index (κ1) is 12.4. The van der Waals surface area contributed by atoms with Crippen molar-refractivity contribution in [3.8, 4) is 0 Å². The smallest absolute Gasteiger partial charge is 0.276 e. The highest BCUT2D eigenvalue weighted by atomic mass is 35.5. The van der Waals surface area contributed by atoms with Gasteiger partial charge < -0.3 is 9.42 Å². The Bertz CT molecular complexity index is 388. The topological polar surface area (TPSA) is 46.3 Å². The minimum atomic E-state index is -0.0309. The van der Waals surface area contributed by atoms with Crippen LogP contribution >= 0.6 is 11.6 Å². The maximum Gasteiger partial charge on any atom is 0.276 e. The van der Waals surface area contributed by atoms with E-state index >= 15 is 0 Å². The van der Waals surface area contributed by atoms with Crippen LogP contribution in [0.25, 0.3) is 0 Å². The number of rotatable bonds is 5. The molecule has 1 amide bonds. The van der Waals surface area contributed by atoms with E-state index in [1.54, 1.807) is 13.0 Å². The van der Waals surface area contributed by atoms with Crippen molar-refractivity contribution in [3.05, 3.63) is 17.5 Å². The molecule has 0 radical (unpaired) electrons. The lowest BCUT2D eigenvalue weighted by Gasteiger charge is -2.37. The summed E-state index contributed by atoms with van der Waals surface area (Å²) in [6.07, 6.45) is 4.20. The third-order valence-corrected chi connectivity index (χ3v) is 3.42. The van der Waals surface area contributed by atoms with Crippen molar-refractivity contribution in [2.45, 2.75) is 38.6 Å². The maximum absolute atomic E-state index is 12.3. The van der Waals surface area contributed by atoms with Crippen LogP contribution in [0.15, 0.2) is 10.6 Å². The molecule has 2 rings (SSSR count). The lowest BCUT2D eigenvalue weighted by Crippen LogP contribution is -2.45. The van der Waals surface area contributed by atoms with Crippen LogP contribution in [0.1, 0.15) is 41.9 Å². The molecule has 0 N–H and O–H groups in total. The second-order valence-corrected chi connectivity index (χ2v) is 4.83. The molecule has 94 valence electrons. The number of carbonyl (C=O) groups excluding carboxylic acids is 1. The number of hydrogen-bond acceptors (Lipinski definition) is 3. The third-order valence-electron chi connectivity index (χ3n) is 3.16. The van der Waals surface area contributed by atoms with Gasteiger partial charge in [0.15, 0.2) is 5.69 Å². The fourth-order valence-electron chi connectivity index (χ4n) is 1.99. The first-order valence-electron chi connectivity index (χ1n) is 6.02. The third kappa shape index (κ3) is 2.80. The molecule has 1 heterocycles. The minimum absolute atomic E-state index is 0.0309.